The molecule has 6 nitrogen and oxygen atoms in total. The van der Waals surface area contributed by atoms with Gasteiger partial charge in [0.1, 0.15) is 0 Å². The van der Waals surface area contributed by atoms with Crippen molar-refractivity contribution in [1.82, 2.24) is 5.32 Å². The number of aliphatic hydroxyl groups is 1. The zero-order valence-corrected chi connectivity index (χ0v) is 12.0. The predicted molar refractivity (Wildman–Crippen MR) is 78.1 cm³/mol. The summed E-state index contributed by atoms with van der Waals surface area (Å²) < 4.78 is 0. The molecule has 0 saturated heterocycles. The third-order valence-electron chi connectivity index (χ3n) is 4.06. The van der Waals surface area contributed by atoms with Gasteiger partial charge in [-0.15, -0.1) is 0 Å². The normalized spacial score (nSPS) is 21.8. The van der Waals surface area contributed by atoms with Gasteiger partial charge in [0, 0.05) is 29.7 Å². The summed E-state index contributed by atoms with van der Waals surface area (Å²) in [6.45, 7) is 2.04. The first-order valence-electron chi connectivity index (χ1n) is 7.20. The fraction of sp³-hybridized carbons (Fsp3) is 0.533. The van der Waals surface area contributed by atoms with E-state index >= 15 is 0 Å². The van der Waals surface area contributed by atoms with Gasteiger partial charge in [-0.2, -0.15) is 0 Å². The number of nitro benzene ring substituents is 1. The molecule has 0 bridgehead atoms. The average molecular weight is 292 g/mol. The van der Waals surface area contributed by atoms with Gasteiger partial charge in [0.15, 0.2) is 0 Å². The number of benzene rings is 1. The molecule has 0 radical (unpaired) electrons. The molecule has 0 heterocycles. The van der Waals surface area contributed by atoms with Gasteiger partial charge in [-0.25, -0.2) is 0 Å². The summed E-state index contributed by atoms with van der Waals surface area (Å²) in [6, 6.07) is 4.44. The molecule has 0 aliphatic heterocycles. The minimum atomic E-state index is -0.489. The maximum absolute atomic E-state index is 12.1. The Morgan fingerprint density at radius 3 is 2.81 bits per heavy atom. The molecule has 1 amide bonds. The number of hydrogen-bond acceptors (Lipinski definition) is 4. The molecule has 2 N–H and O–H groups in total. The van der Waals surface area contributed by atoms with E-state index in [0.717, 1.165) is 25.7 Å². The molecule has 2 unspecified atom stereocenters. The maximum Gasteiger partial charge on any atom is 0.273 e. The van der Waals surface area contributed by atoms with Crippen LogP contribution in [0.1, 0.15) is 41.6 Å². The lowest BCUT2D eigenvalue weighted by Gasteiger charge is -2.27. The second kappa shape index (κ2) is 6.67. The molecule has 2 atom stereocenters. The summed E-state index contributed by atoms with van der Waals surface area (Å²) in [5.74, 6) is -0.265. The Kier molecular flexibility index (Phi) is 4.90. The summed E-state index contributed by atoms with van der Waals surface area (Å²) in [5.41, 5.74) is 0.747. The lowest BCUT2D eigenvalue weighted by Crippen LogP contribution is -2.36. The molecule has 1 aliphatic rings. The van der Waals surface area contributed by atoms with Gasteiger partial charge < -0.3 is 10.4 Å². The largest absolute Gasteiger partial charge is 0.393 e. The number of rotatable bonds is 4. The molecule has 1 fully saturated rings. The first-order chi connectivity index (χ1) is 9.99. The average Bonchev–Trinajstić information content (AvgIpc) is 2.46. The first-order valence-corrected chi connectivity index (χ1v) is 7.20. The van der Waals surface area contributed by atoms with Crippen LogP contribution in [0.4, 0.5) is 5.69 Å². The Balaban J connectivity index is 2.00. The molecule has 1 aromatic rings. The molecule has 1 saturated carbocycles. The van der Waals surface area contributed by atoms with Crippen molar-refractivity contribution in [1.29, 1.82) is 0 Å². The number of aliphatic hydroxyl groups excluding tert-OH is 1. The van der Waals surface area contributed by atoms with E-state index < -0.39 is 4.92 Å². The van der Waals surface area contributed by atoms with Gasteiger partial charge in [0.2, 0.25) is 0 Å². The van der Waals surface area contributed by atoms with Crippen molar-refractivity contribution in [2.75, 3.05) is 6.54 Å². The summed E-state index contributed by atoms with van der Waals surface area (Å²) >= 11 is 0. The number of nitrogens with zero attached hydrogens (tertiary/aromatic N) is 1. The highest BCUT2D eigenvalue weighted by atomic mass is 16.6. The third-order valence-corrected chi connectivity index (χ3v) is 4.06. The SMILES string of the molecule is Cc1ccc(C(=O)NCC2CCCCC2O)cc1[N+](=O)[O-]. The van der Waals surface area contributed by atoms with Gasteiger partial charge >= 0.3 is 0 Å². The van der Waals surface area contributed by atoms with Crippen molar-refractivity contribution in [2.24, 2.45) is 5.92 Å². The lowest BCUT2D eigenvalue weighted by molar-refractivity contribution is -0.385. The van der Waals surface area contributed by atoms with Crippen LogP contribution in [0.25, 0.3) is 0 Å². The Morgan fingerprint density at radius 2 is 2.14 bits per heavy atom. The summed E-state index contributed by atoms with van der Waals surface area (Å²) in [5, 5.41) is 23.5. The Bertz CT molecular complexity index is 544. The van der Waals surface area contributed by atoms with Crippen molar-refractivity contribution in [2.45, 2.75) is 38.7 Å². The second-order valence-corrected chi connectivity index (χ2v) is 5.58. The molecule has 1 aromatic carbocycles. The van der Waals surface area contributed by atoms with Crippen LogP contribution in [0.3, 0.4) is 0 Å². The zero-order valence-electron chi connectivity index (χ0n) is 12.0. The molecule has 21 heavy (non-hydrogen) atoms. The molecule has 114 valence electrons. The first kappa shape index (κ1) is 15.4. The monoisotopic (exact) mass is 292 g/mol. The summed E-state index contributed by atoms with van der Waals surface area (Å²) in [4.78, 5) is 22.5. The molecule has 1 aliphatic carbocycles. The summed E-state index contributed by atoms with van der Waals surface area (Å²) in [6.07, 6.45) is 3.39. The van der Waals surface area contributed by atoms with E-state index in [9.17, 15) is 20.0 Å². The fourth-order valence-electron chi connectivity index (χ4n) is 2.70. The van der Waals surface area contributed by atoms with Crippen LogP contribution in [-0.4, -0.2) is 28.6 Å². The molecular formula is C15H20N2O4. The van der Waals surface area contributed by atoms with Crippen LogP contribution in [0.5, 0.6) is 0 Å². The molecule has 0 aromatic heterocycles. The van der Waals surface area contributed by atoms with Crippen LogP contribution in [0.15, 0.2) is 18.2 Å². The number of carbonyl (C=O) groups excluding carboxylic acids is 1. The van der Waals surface area contributed by atoms with Crippen molar-refractivity contribution >= 4 is 11.6 Å². The fourth-order valence-corrected chi connectivity index (χ4v) is 2.70. The highest BCUT2D eigenvalue weighted by Crippen LogP contribution is 2.24. The van der Waals surface area contributed by atoms with Gasteiger partial charge in [0.25, 0.3) is 11.6 Å². The minimum absolute atomic E-state index is 0.0552. The van der Waals surface area contributed by atoms with E-state index in [1.165, 1.54) is 6.07 Å². The number of carbonyl (C=O) groups is 1. The smallest absolute Gasteiger partial charge is 0.273 e. The van der Waals surface area contributed by atoms with Crippen LogP contribution in [-0.2, 0) is 0 Å². The lowest BCUT2D eigenvalue weighted by atomic mass is 9.86. The standard InChI is InChI=1S/C15H20N2O4/c1-10-6-7-11(8-13(10)17(20)21)15(19)16-9-12-4-2-3-5-14(12)18/h6-8,12,14,18H,2-5,9H2,1H3,(H,16,19). The minimum Gasteiger partial charge on any atom is -0.393 e. The van der Waals surface area contributed by atoms with E-state index in [4.69, 9.17) is 0 Å². The highest BCUT2D eigenvalue weighted by Gasteiger charge is 2.23. The van der Waals surface area contributed by atoms with Crippen LogP contribution in [0.2, 0.25) is 0 Å². The quantitative estimate of drug-likeness (QED) is 0.657. The number of nitrogens with one attached hydrogen (secondary N) is 1. The summed E-state index contributed by atoms with van der Waals surface area (Å²) in [7, 11) is 0. The molecule has 6 heteroatoms. The van der Waals surface area contributed by atoms with Gasteiger partial charge in [-0.05, 0) is 25.8 Å². The van der Waals surface area contributed by atoms with Crippen molar-refractivity contribution in [3.8, 4) is 0 Å². The Labute approximate surface area is 123 Å². The number of hydrogen-bond donors (Lipinski definition) is 2. The Hall–Kier alpha value is -1.95. The Morgan fingerprint density at radius 1 is 1.43 bits per heavy atom. The van der Waals surface area contributed by atoms with Gasteiger partial charge in [0.05, 0.1) is 11.0 Å². The van der Waals surface area contributed by atoms with E-state index in [-0.39, 0.29) is 29.2 Å². The number of amides is 1. The van der Waals surface area contributed by atoms with Crippen LogP contribution >= 0.6 is 0 Å². The van der Waals surface area contributed by atoms with Crippen LogP contribution < -0.4 is 5.32 Å². The molecule has 0 spiro atoms. The van der Waals surface area contributed by atoms with E-state index in [1.54, 1.807) is 19.1 Å². The van der Waals surface area contributed by atoms with Crippen molar-refractivity contribution < 1.29 is 14.8 Å². The van der Waals surface area contributed by atoms with E-state index in [0.29, 0.717) is 12.1 Å². The predicted octanol–water partition coefficient (Wildman–Crippen LogP) is 2.18. The van der Waals surface area contributed by atoms with E-state index in [2.05, 4.69) is 5.32 Å². The number of aryl methyl sites for hydroxylation is 1. The van der Waals surface area contributed by atoms with Gasteiger partial charge in [-0.1, -0.05) is 18.9 Å². The molecular weight excluding hydrogens is 272 g/mol. The maximum atomic E-state index is 12.1. The molecule has 2 rings (SSSR count). The van der Waals surface area contributed by atoms with Gasteiger partial charge in [-0.3, -0.25) is 14.9 Å². The van der Waals surface area contributed by atoms with Crippen LogP contribution in [0, 0.1) is 23.0 Å². The zero-order chi connectivity index (χ0) is 15.4. The van der Waals surface area contributed by atoms with Crippen molar-refractivity contribution in [3.63, 3.8) is 0 Å². The van der Waals surface area contributed by atoms with E-state index in [1.807, 2.05) is 0 Å². The third kappa shape index (κ3) is 3.78. The topological polar surface area (TPSA) is 92.5 Å². The number of nitro groups is 1. The second-order valence-electron chi connectivity index (χ2n) is 5.58. The highest BCUT2D eigenvalue weighted by molar-refractivity contribution is 5.94. The van der Waals surface area contributed by atoms with Crippen molar-refractivity contribution in [3.05, 3.63) is 39.4 Å².